The molecule has 0 aliphatic carbocycles. The van der Waals surface area contributed by atoms with E-state index in [1.807, 2.05) is 35.2 Å². The lowest BCUT2D eigenvalue weighted by atomic mass is 10.2. The van der Waals surface area contributed by atoms with Crippen LogP contribution < -0.4 is 10.2 Å². The lowest BCUT2D eigenvalue weighted by molar-refractivity contribution is 0.432. The molecule has 0 amide bonds. The highest BCUT2D eigenvalue weighted by atomic mass is 32.2. The Morgan fingerprint density at radius 2 is 1.77 bits per heavy atom. The van der Waals surface area contributed by atoms with Crippen LogP contribution in [0.3, 0.4) is 0 Å². The summed E-state index contributed by atoms with van der Waals surface area (Å²) in [7, 11) is -3.52. The molecular weight excluding hydrogens is 400 g/mol. The van der Waals surface area contributed by atoms with Crippen molar-refractivity contribution in [3.63, 3.8) is 0 Å². The highest BCUT2D eigenvalue weighted by Gasteiger charge is 2.25. The van der Waals surface area contributed by atoms with Crippen LogP contribution in [0.25, 0.3) is 0 Å². The first-order chi connectivity index (χ1) is 14.6. The molecule has 8 nitrogen and oxygen atoms in total. The molecule has 0 radical (unpaired) electrons. The van der Waals surface area contributed by atoms with Crippen molar-refractivity contribution >= 4 is 21.7 Å². The van der Waals surface area contributed by atoms with Gasteiger partial charge in [0.25, 0.3) is 0 Å². The highest BCUT2D eigenvalue weighted by molar-refractivity contribution is 7.89. The number of anilines is 2. The predicted molar refractivity (Wildman–Crippen MR) is 115 cm³/mol. The normalized spacial score (nSPS) is 15.5. The molecule has 1 N–H and O–H groups in total. The maximum absolute atomic E-state index is 13.0. The molecule has 1 aromatic heterocycles. The second-order valence-electron chi connectivity index (χ2n) is 7.02. The zero-order chi connectivity index (χ0) is 20.8. The largest absolute Gasteiger partial charge is 0.315 e. The maximum atomic E-state index is 13.0. The molecule has 0 saturated carbocycles. The number of nitrogens with zero attached hydrogens (tertiary/aromatic N) is 5. The van der Waals surface area contributed by atoms with E-state index in [4.69, 9.17) is 0 Å². The van der Waals surface area contributed by atoms with Gasteiger partial charge in [-0.05, 0) is 42.8 Å². The second-order valence-corrected chi connectivity index (χ2v) is 8.95. The van der Waals surface area contributed by atoms with Gasteiger partial charge in [0.15, 0.2) is 0 Å². The van der Waals surface area contributed by atoms with Crippen molar-refractivity contribution in [2.75, 3.05) is 31.1 Å². The standard InChI is InChI=1S/C21H24N6O2S/c28-30(29,26-15-4-11-22-14-16-26)20-9-7-19(8-10-20)27(21-23-12-13-24-25-21)17-18-5-2-1-3-6-18/h1-3,5-10,12-13,22H,4,11,14-17H2. The summed E-state index contributed by atoms with van der Waals surface area (Å²) in [6, 6.07) is 16.9. The van der Waals surface area contributed by atoms with Gasteiger partial charge in [0.2, 0.25) is 16.0 Å². The lowest BCUT2D eigenvalue weighted by Crippen LogP contribution is -2.34. The summed E-state index contributed by atoms with van der Waals surface area (Å²) in [5, 5.41) is 11.3. The third-order valence-corrected chi connectivity index (χ3v) is 6.89. The van der Waals surface area contributed by atoms with E-state index in [0.29, 0.717) is 37.0 Å². The average molecular weight is 425 g/mol. The summed E-state index contributed by atoms with van der Waals surface area (Å²) in [5.74, 6) is 0.454. The average Bonchev–Trinajstić information content (AvgIpc) is 3.09. The molecule has 2 aromatic carbocycles. The van der Waals surface area contributed by atoms with Crippen LogP contribution in [0.1, 0.15) is 12.0 Å². The first kappa shape index (κ1) is 20.4. The van der Waals surface area contributed by atoms with Crippen LogP contribution in [0, 0.1) is 0 Å². The molecule has 30 heavy (non-hydrogen) atoms. The topological polar surface area (TPSA) is 91.3 Å². The van der Waals surface area contributed by atoms with Crippen molar-refractivity contribution in [1.82, 2.24) is 24.8 Å². The van der Waals surface area contributed by atoms with Crippen molar-refractivity contribution in [3.05, 3.63) is 72.6 Å². The summed E-state index contributed by atoms with van der Waals surface area (Å²) < 4.78 is 27.6. The highest BCUT2D eigenvalue weighted by Crippen LogP contribution is 2.26. The van der Waals surface area contributed by atoms with Crippen molar-refractivity contribution in [2.24, 2.45) is 0 Å². The quantitative estimate of drug-likeness (QED) is 0.649. The molecule has 2 heterocycles. The minimum absolute atomic E-state index is 0.292. The minimum Gasteiger partial charge on any atom is -0.315 e. The Kier molecular flexibility index (Phi) is 6.32. The number of sulfonamides is 1. The van der Waals surface area contributed by atoms with Crippen molar-refractivity contribution in [1.29, 1.82) is 0 Å². The van der Waals surface area contributed by atoms with E-state index in [9.17, 15) is 8.42 Å². The molecule has 1 saturated heterocycles. The first-order valence-corrected chi connectivity index (χ1v) is 11.3. The summed E-state index contributed by atoms with van der Waals surface area (Å²) in [4.78, 5) is 6.53. The van der Waals surface area contributed by atoms with E-state index in [1.54, 1.807) is 34.8 Å². The Labute approximate surface area is 176 Å². The SMILES string of the molecule is O=S(=O)(c1ccc(N(Cc2ccccc2)c2nccnn2)cc1)N1CCCNCC1. The fraction of sp³-hybridized carbons (Fsp3) is 0.286. The number of benzene rings is 2. The maximum Gasteiger partial charge on any atom is 0.250 e. The van der Waals surface area contributed by atoms with Crippen LogP contribution in [0.15, 0.2) is 71.9 Å². The van der Waals surface area contributed by atoms with Gasteiger partial charge in [-0.3, -0.25) is 0 Å². The van der Waals surface area contributed by atoms with E-state index in [-0.39, 0.29) is 0 Å². The van der Waals surface area contributed by atoms with Gasteiger partial charge in [-0.2, -0.15) is 9.40 Å². The number of aromatic nitrogens is 3. The van der Waals surface area contributed by atoms with Crippen LogP contribution in [0.5, 0.6) is 0 Å². The van der Waals surface area contributed by atoms with Gasteiger partial charge in [0.1, 0.15) is 0 Å². The van der Waals surface area contributed by atoms with Gasteiger partial charge in [-0.25, -0.2) is 13.4 Å². The molecule has 0 spiro atoms. The molecule has 1 aliphatic rings. The summed E-state index contributed by atoms with van der Waals surface area (Å²) in [6.45, 7) is 3.05. The van der Waals surface area contributed by atoms with Crippen LogP contribution in [-0.4, -0.2) is 54.1 Å². The third-order valence-electron chi connectivity index (χ3n) is 4.98. The van der Waals surface area contributed by atoms with Crippen molar-refractivity contribution in [2.45, 2.75) is 17.9 Å². The fourth-order valence-electron chi connectivity index (χ4n) is 3.42. The minimum atomic E-state index is -3.52. The van der Waals surface area contributed by atoms with Gasteiger partial charge in [-0.1, -0.05) is 30.3 Å². The number of hydrogen-bond acceptors (Lipinski definition) is 7. The first-order valence-electron chi connectivity index (χ1n) is 9.91. The molecular formula is C21H24N6O2S. The van der Waals surface area contributed by atoms with Gasteiger partial charge in [-0.15, -0.1) is 5.10 Å². The van der Waals surface area contributed by atoms with Gasteiger partial charge < -0.3 is 10.2 Å². The van der Waals surface area contributed by atoms with Gasteiger partial charge in [0.05, 0.1) is 23.8 Å². The van der Waals surface area contributed by atoms with E-state index in [0.717, 1.165) is 24.2 Å². The Bertz CT molecular complexity index is 1040. The van der Waals surface area contributed by atoms with Crippen molar-refractivity contribution < 1.29 is 8.42 Å². The van der Waals surface area contributed by atoms with Crippen molar-refractivity contribution in [3.8, 4) is 0 Å². The molecule has 0 unspecified atom stereocenters. The molecule has 156 valence electrons. The van der Waals surface area contributed by atoms with Gasteiger partial charge in [0, 0.05) is 25.3 Å². The zero-order valence-electron chi connectivity index (χ0n) is 16.6. The van der Waals surface area contributed by atoms with Crippen LogP contribution >= 0.6 is 0 Å². The second kappa shape index (κ2) is 9.29. The third kappa shape index (κ3) is 4.64. The number of hydrogen-bond donors (Lipinski definition) is 1. The molecule has 0 atom stereocenters. The monoisotopic (exact) mass is 424 g/mol. The smallest absolute Gasteiger partial charge is 0.250 e. The van der Waals surface area contributed by atoms with Gasteiger partial charge >= 0.3 is 0 Å². The summed E-state index contributed by atoms with van der Waals surface area (Å²) in [6.07, 6.45) is 3.92. The molecule has 9 heteroatoms. The van der Waals surface area contributed by atoms with Crippen LogP contribution in [0.4, 0.5) is 11.6 Å². The number of nitrogens with one attached hydrogen (secondary N) is 1. The number of rotatable bonds is 6. The van der Waals surface area contributed by atoms with E-state index in [2.05, 4.69) is 20.5 Å². The Balaban J connectivity index is 1.62. The molecule has 3 aromatic rings. The lowest BCUT2D eigenvalue weighted by Gasteiger charge is -2.23. The molecule has 1 aliphatic heterocycles. The zero-order valence-corrected chi connectivity index (χ0v) is 17.4. The summed E-state index contributed by atoms with van der Waals surface area (Å²) in [5.41, 5.74) is 1.88. The molecule has 0 bridgehead atoms. The van der Waals surface area contributed by atoms with Crippen LogP contribution in [0.2, 0.25) is 0 Å². The van der Waals surface area contributed by atoms with Crippen LogP contribution in [-0.2, 0) is 16.6 Å². The van der Waals surface area contributed by atoms with E-state index >= 15 is 0 Å². The van der Waals surface area contributed by atoms with E-state index in [1.165, 1.54) is 6.20 Å². The fourth-order valence-corrected chi connectivity index (χ4v) is 4.90. The Morgan fingerprint density at radius 3 is 2.50 bits per heavy atom. The Hall–Kier alpha value is -2.88. The molecule has 1 fully saturated rings. The Morgan fingerprint density at radius 1 is 0.967 bits per heavy atom. The molecule has 4 rings (SSSR count). The summed E-state index contributed by atoms with van der Waals surface area (Å²) >= 11 is 0. The van der Waals surface area contributed by atoms with E-state index < -0.39 is 10.0 Å². The predicted octanol–water partition coefficient (Wildman–Crippen LogP) is 2.19.